The Labute approximate surface area is 104 Å². The Kier molecular flexibility index (Phi) is 3.89. The molecule has 1 atom stereocenters. The molecular formula is C13H15FN2S. The van der Waals surface area contributed by atoms with Gasteiger partial charge in [0.15, 0.2) is 0 Å². The third-order valence-corrected chi connectivity index (χ3v) is 3.48. The van der Waals surface area contributed by atoms with Gasteiger partial charge in [-0.1, -0.05) is 17.7 Å². The Hall–Kier alpha value is -1.23. The molecule has 3 N–H and O–H groups in total. The summed E-state index contributed by atoms with van der Waals surface area (Å²) in [6.45, 7) is 1.95. The molecule has 1 heterocycles. The molecule has 4 heteroatoms. The number of nitrogens with two attached hydrogens (primary N) is 1. The Morgan fingerprint density at radius 3 is 2.88 bits per heavy atom. The average molecular weight is 250 g/mol. The molecule has 1 aromatic carbocycles. The van der Waals surface area contributed by atoms with Crippen LogP contribution in [0.3, 0.4) is 0 Å². The van der Waals surface area contributed by atoms with E-state index in [1.165, 1.54) is 11.6 Å². The summed E-state index contributed by atoms with van der Waals surface area (Å²) in [6, 6.07) is 6.93. The summed E-state index contributed by atoms with van der Waals surface area (Å²) in [4.78, 5) is 0. The van der Waals surface area contributed by atoms with Gasteiger partial charge in [-0.05, 0) is 41.8 Å². The van der Waals surface area contributed by atoms with E-state index in [0.29, 0.717) is 12.0 Å². The summed E-state index contributed by atoms with van der Waals surface area (Å²) in [7, 11) is 0. The van der Waals surface area contributed by atoms with Crippen LogP contribution in [-0.4, -0.2) is 0 Å². The minimum absolute atomic E-state index is 0.190. The van der Waals surface area contributed by atoms with Crippen LogP contribution >= 0.6 is 11.3 Å². The summed E-state index contributed by atoms with van der Waals surface area (Å²) in [5.74, 6) is 5.31. The van der Waals surface area contributed by atoms with Crippen molar-refractivity contribution in [3.63, 3.8) is 0 Å². The summed E-state index contributed by atoms with van der Waals surface area (Å²) in [5.41, 5.74) is 5.51. The van der Waals surface area contributed by atoms with Crippen LogP contribution in [0.4, 0.5) is 4.39 Å². The molecule has 1 aromatic heterocycles. The van der Waals surface area contributed by atoms with E-state index in [4.69, 9.17) is 5.84 Å². The Bertz CT molecular complexity index is 482. The lowest BCUT2D eigenvalue weighted by atomic mass is 9.99. The molecule has 1 unspecified atom stereocenters. The number of halogens is 1. The smallest absolute Gasteiger partial charge is 0.128 e. The number of aryl methyl sites for hydroxylation is 1. The molecule has 0 aliphatic rings. The summed E-state index contributed by atoms with van der Waals surface area (Å²) >= 11 is 1.63. The van der Waals surface area contributed by atoms with Crippen LogP contribution in [-0.2, 0) is 6.42 Å². The van der Waals surface area contributed by atoms with E-state index in [0.717, 1.165) is 5.56 Å². The van der Waals surface area contributed by atoms with Gasteiger partial charge in [0.25, 0.3) is 0 Å². The minimum atomic E-state index is -0.214. The fraction of sp³-hybridized carbons (Fsp3) is 0.231. The topological polar surface area (TPSA) is 38.0 Å². The molecule has 0 spiro atoms. The molecule has 0 radical (unpaired) electrons. The Morgan fingerprint density at radius 2 is 2.24 bits per heavy atom. The van der Waals surface area contributed by atoms with E-state index in [1.807, 2.05) is 24.4 Å². The largest absolute Gasteiger partial charge is 0.271 e. The fourth-order valence-electron chi connectivity index (χ4n) is 1.83. The number of benzene rings is 1. The van der Waals surface area contributed by atoms with Gasteiger partial charge < -0.3 is 0 Å². The molecule has 0 aliphatic heterocycles. The van der Waals surface area contributed by atoms with Crippen molar-refractivity contribution in [3.8, 4) is 0 Å². The lowest BCUT2D eigenvalue weighted by Crippen LogP contribution is -2.30. The first kappa shape index (κ1) is 12.2. The number of nitrogens with one attached hydrogen (secondary N) is 1. The van der Waals surface area contributed by atoms with Crippen molar-refractivity contribution >= 4 is 11.3 Å². The highest BCUT2D eigenvalue weighted by Crippen LogP contribution is 2.22. The third kappa shape index (κ3) is 2.91. The third-order valence-electron chi connectivity index (χ3n) is 2.75. The molecule has 2 aromatic rings. The van der Waals surface area contributed by atoms with E-state index < -0.39 is 0 Å². The zero-order valence-corrected chi connectivity index (χ0v) is 10.4. The second-order valence-electron chi connectivity index (χ2n) is 4.08. The normalized spacial score (nSPS) is 12.6. The predicted molar refractivity (Wildman–Crippen MR) is 69.2 cm³/mol. The van der Waals surface area contributed by atoms with Crippen molar-refractivity contribution in [1.82, 2.24) is 5.43 Å². The van der Waals surface area contributed by atoms with Gasteiger partial charge in [0.1, 0.15) is 5.82 Å². The molecule has 0 aliphatic carbocycles. The van der Waals surface area contributed by atoms with Gasteiger partial charge in [0.05, 0.1) is 6.04 Å². The zero-order valence-electron chi connectivity index (χ0n) is 9.61. The molecule has 2 rings (SSSR count). The van der Waals surface area contributed by atoms with E-state index in [2.05, 4.69) is 10.8 Å². The average Bonchev–Trinajstić information content (AvgIpc) is 2.82. The lowest BCUT2D eigenvalue weighted by Gasteiger charge is -2.17. The van der Waals surface area contributed by atoms with Crippen molar-refractivity contribution in [1.29, 1.82) is 0 Å². The number of hydrogen-bond donors (Lipinski definition) is 2. The highest BCUT2D eigenvalue weighted by Gasteiger charge is 2.15. The quantitative estimate of drug-likeness (QED) is 0.647. The van der Waals surface area contributed by atoms with E-state index in [1.54, 1.807) is 17.4 Å². The highest BCUT2D eigenvalue weighted by atomic mass is 32.1. The monoisotopic (exact) mass is 250 g/mol. The van der Waals surface area contributed by atoms with Crippen molar-refractivity contribution in [2.75, 3.05) is 0 Å². The van der Waals surface area contributed by atoms with Crippen LogP contribution < -0.4 is 11.3 Å². The predicted octanol–water partition coefficient (Wildman–Crippen LogP) is 2.94. The Morgan fingerprint density at radius 1 is 1.41 bits per heavy atom. The molecule has 0 bridgehead atoms. The highest BCUT2D eigenvalue weighted by molar-refractivity contribution is 7.07. The van der Waals surface area contributed by atoms with Crippen LogP contribution in [0.15, 0.2) is 35.0 Å². The number of hydrogen-bond acceptors (Lipinski definition) is 3. The van der Waals surface area contributed by atoms with Crippen LogP contribution in [0.1, 0.15) is 22.7 Å². The molecule has 0 saturated carbocycles. The minimum Gasteiger partial charge on any atom is -0.271 e. The van der Waals surface area contributed by atoms with Gasteiger partial charge in [-0.25, -0.2) is 4.39 Å². The maximum Gasteiger partial charge on any atom is 0.128 e. The summed E-state index contributed by atoms with van der Waals surface area (Å²) < 4.78 is 13.7. The number of hydrazine groups is 1. The van der Waals surface area contributed by atoms with Crippen LogP contribution in [0.2, 0.25) is 0 Å². The first-order valence-corrected chi connectivity index (χ1v) is 6.38. The lowest BCUT2D eigenvalue weighted by molar-refractivity contribution is 0.510. The zero-order chi connectivity index (χ0) is 12.3. The van der Waals surface area contributed by atoms with Crippen molar-refractivity contribution in [2.24, 2.45) is 5.84 Å². The maximum atomic E-state index is 13.7. The first-order valence-electron chi connectivity index (χ1n) is 5.44. The van der Waals surface area contributed by atoms with Gasteiger partial charge in [0.2, 0.25) is 0 Å². The van der Waals surface area contributed by atoms with E-state index >= 15 is 0 Å². The van der Waals surface area contributed by atoms with Crippen molar-refractivity contribution in [3.05, 3.63) is 57.5 Å². The maximum absolute atomic E-state index is 13.7. The van der Waals surface area contributed by atoms with Gasteiger partial charge >= 0.3 is 0 Å². The van der Waals surface area contributed by atoms with Gasteiger partial charge in [-0.15, -0.1) is 0 Å². The van der Waals surface area contributed by atoms with Gasteiger partial charge in [-0.3, -0.25) is 11.3 Å². The summed E-state index contributed by atoms with van der Waals surface area (Å²) in [5, 5.41) is 4.06. The number of thiophene rings is 1. The van der Waals surface area contributed by atoms with Gasteiger partial charge in [0, 0.05) is 5.56 Å². The summed E-state index contributed by atoms with van der Waals surface area (Å²) in [6.07, 6.45) is 0.695. The first-order chi connectivity index (χ1) is 8.20. The standard InChI is InChI=1S/C13H15FN2S/c1-9-2-3-12(14)11(6-9)13(16-15)7-10-4-5-17-8-10/h2-6,8,13,16H,7,15H2,1H3. The van der Waals surface area contributed by atoms with Crippen LogP contribution in [0.5, 0.6) is 0 Å². The second kappa shape index (κ2) is 5.40. The SMILES string of the molecule is Cc1ccc(F)c(C(Cc2ccsc2)NN)c1. The van der Waals surface area contributed by atoms with Crippen LogP contribution in [0.25, 0.3) is 0 Å². The van der Waals surface area contributed by atoms with Crippen LogP contribution in [0, 0.1) is 12.7 Å². The molecule has 0 saturated heterocycles. The van der Waals surface area contributed by atoms with Crippen molar-refractivity contribution < 1.29 is 4.39 Å². The molecule has 2 nitrogen and oxygen atoms in total. The fourth-order valence-corrected chi connectivity index (χ4v) is 2.51. The second-order valence-corrected chi connectivity index (χ2v) is 4.86. The molecule has 90 valence electrons. The van der Waals surface area contributed by atoms with E-state index in [9.17, 15) is 4.39 Å². The molecule has 17 heavy (non-hydrogen) atoms. The van der Waals surface area contributed by atoms with Gasteiger partial charge in [-0.2, -0.15) is 11.3 Å². The molecule has 0 amide bonds. The van der Waals surface area contributed by atoms with Crippen molar-refractivity contribution in [2.45, 2.75) is 19.4 Å². The Balaban J connectivity index is 2.25. The molecule has 0 fully saturated rings. The number of rotatable bonds is 4. The van der Waals surface area contributed by atoms with E-state index in [-0.39, 0.29) is 11.9 Å². The molecular weight excluding hydrogens is 235 g/mol.